The van der Waals surface area contributed by atoms with Gasteiger partial charge in [0.25, 0.3) is 5.91 Å². The lowest BCUT2D eigenvalue weighted by Gasteiger charge is -2.14. The van der Waals surface area contributed by atoms with E-state index in [1.807, 2.05) is 6.92 Å². The van der Waals surface area contributed by atoms with Gasteiger partial charge in [0.05, 0.1) is 6.04 Å². The van der Waals surface area contributed by atoms with Crippen LogP contribution in [-0.2, 0) is 4.79 Å². The number of benzene rings is 1. The molecule has 0 spiro atoms. The Morgan fingerprint density at radius 2 is 1.96 bits per heavy atom. The van der Waals surface area contributed by atoms with Crippen molar-refractivity contribution < 1.29 is 9.59 Å². The molecule has 0 radical (unpaired) electrons. The summed E-state index contributed by atoms with van der Waals surface area (Å²) in [5, 5.41) is 5.78. The van der Waals surface area contributed by atoms with Crippen LogP contribution in [0.25, 0.3) is 0 Å². The first-order valence-corrected chi connectivity index (χ1v) is 8.50. The van der Waals surface area contributed by atoms with Crippen LogP contribution >= 0.6 is 11.3 Å². The van der Waals surface area contributed by atoms with Crippen LogP contribution in [0.2, 0.25) is 0 Å². The second-order valence-electron chi connectivity index (χ2n) is 5.55. The van der Waals surface area contributed by atoms with Gasteiger partial charge in [-0.15, -0.1) is 11.3 Å². The molecule has 0 bridgehead atoms. The van der Waals surface area contributed by atoms with Crippen molar-refractivity contribution in [3.63, 3.8) is 0 Å². The molecule has 0 saturated carbocycles. The van der Waals surface area contributed by atoms with Crippen LogP contribution in [-0.4, -0.2) is 11.8 Å². The number of hydrogen-bond donors (Lipinski definition) is 2. The van der Waals surface area contributed by atoms with Crippen molar-refractivity contribution in [2.75, 3.05) is 5.32 Å². The van der Waals surface area contributed by atoms with Gasteiger partial charge < -0.3 is 10.6 Å². The highest BCUT2D eigenvalue weighted by atomic mass is 32.1. The quantitative estimate of drug-likeness (QED) is 0.863. The van der Waals surface area contributed by atoms with Gasteiger partial charge >= 0.3 is 0 Å². The Labute approximate surface area is 140 Å². The zero-order chi connectivity index (χ0) is 17.0. The molecule has 122 valence electrons. The van der Waals surface area contributed by atoms with Crippen molar-refractivity contribution in [1.82, 2.24) is 5.32 Å². The zero-order valence-corrected chi connectivity index (χ0v) is 14.7. The molecule has 1 aromatic carbocycles. The zero-order valence-electron chi connectivity index (χ0n) is 13.9. The first-order chi connectivity index (χ1) is 10.9. The summed E-state index contributed by atoms with van der Waals surface area (Å²) >= 11 is 1.73. The average Bonchev–Trinajstić information content (AvgIpc) is 2.86. The minimum atomic E-state index is -0.145. The van der Waals surface area contributed by atoms with Gasteiger partial charge in [-0.1, -0.05) is 13.0 Å². The maximum absolute atomic E-state index is 12.4. The third-order valence-electron chi connectivity index (χ3n) is 3.62. The smallest absolute Gasteiger partial charge is 0.251 e. The van der Waals surface area contributed by atoms with Crippen molar-refractivity contribution in [3.8, 4) is 0 Å². The van der Waals surface area contributed by atoms with E-state index in [0.717, 1.165) is 5.56 Å². The lowest BCUT2D eigenvalue weighted by Crippen LogP contribution is -2.26. The monoisotopic (exact) mass is 330 g/mol. The van der Waals surface area contributed by atoms with E-state index >= 15 is 0 Å². The van der Waals surface area contributed by atoms with Gasteiger partial charge in [-0.2, -0.15) is 0 Å². The Balaban J connectivity index is 2.10. The molecule has 1 atom stereocenters. The van der Waals surface area contributed by atoms with Gasteiger partial charge in [-0.3, -0.25) is 9.59 Å². The van der Waals surface area contributed by atoms with Gasteiger partial charge in [0.15, 0.2) is 0 Å². The van der Waals surface area contributed by atoms with E-state index in [2.05, 4.69) is 30.5 Å². The maximum atomic E-state index is 12.4. The average molecular weight is 330 g/mol. The summed E-state index contributed by atoms with van der Waals surface area (Å²) in [6.07, 6.45) is 0.407. The Morgan fingerprint density at radius 1 is 1.22 bits per heavy atom. The van der Waals surface area contributed by atoms with E-state index in [-0.39, 0.29) is 17.9 Å². The largest absolute Gasteiger partial charge is 0.345 e. The molecular formula is C18H22N2O2S. The molecule has 5 heteroatoms. The summed E-state index contributed by atoms with van der Waals surface area (Å²) in [6, 6.07) is 9.05. The lowest BCUT2D eigenvalue weighted by atomic mass is 10.1. The number of thiophene rings is 1. The highest BCUT2D eigenvalue weighted by Gasteiger charge is 2.15. The van der Waals surface area contributed by atoms with E-state index in [9.17, 15) is 9.59 Å². The normalized spacial score (nSPS) is 11.8. The van der Waals surface area contributed by atoms with Crippen LogP contribution in [0.1, 0.15) is 52.0 Å². The van der Waals surface area contributed by atoms with Crippen molar-refractivity contribution >= 4 is 28.8 Å². The molecule has 2 rings (SSSR count). The molecule has 4 nitrogen and oxygen atoms in total. The molecule has 0 aliphatic rings. The van der Waals surface area contributed by atoms with Crippen molar-refractivity contribution in [3.05, 3.63) is 51.2 Å². The lowest BCUT2D eigenvalue weighted by molar-refractivity contribution is -0.115. The van der Waals surface area contributed by atoms with Crippen LogP contribution in [0, 0.1) is 13.8 Å². The van der Waals surface area contributed by atoms with Crippen molar-refractivity contribution in [2.45, 2.75) is 40.2 Å². The number of nitrogens with one attached hydrogen (secondary N) is 2. The molecule has 0 aliphatic carbocycles. The van der Waals surface area contributed by atoms with Gasteiger partial charge in [-0.25, -0.2) is 0 Å². The van der Waals surface area contributed by atoms with Crippen molar-refractivity contribution in [1.29, 1.82) is 0 Å². The van der Waals surface area contributed by atoms with Crippen LogP contribution in [0.5, 0.6) is 0 Å². The Bertz CT molecular complexity index is 722. The number of carbonyl (C=O) groups excluding carboxylic acids is 2. The van der Waals surface area contributed by atoms with Crippen LogP contribution in [0.3, 0.4) is 0 Å². The molecule has 1 aromatic heterocycles. The van der Waals surface area contributed by atoms with E-state index in [0.29, 0.717) is 17.7 Å². The summed E-state index contributed by atoms with van der Waals surface area (Å²) in [6.45, 7) is 7.90. The molecule has 0 aliphatic heterocycles. The standard InChI is InChI=1S/C18H22N2O2S/c1-5-17(21)20-15-8-6-7-14(10-15)18(22)19-12(3)16-9-11(2)23-13(16)4/h6-10,12H,5H2,1-4H3,(H,19,22)(H,20,21). The molecule has 1 unspecified atom stereocenters. The fourth-order valence-corrected chi connectivity index (χ4v) is 3.45. The summed E-state index contributed by atoms with van der Waals surface area (Å²) in [7, 11) is 0. The fraction of sp³-hybridized carbons (Fsp3) is 0.333. The Morgan fingerprint density at radius 3 is 2.57 bits per heavy atom. The molecule has 2 N–H and O–H groups in total. The van der Waals surface area contributed by atoms with Crippen LogP contribution < -0.4 is 10.6 Å². The van der Waals surface area contributed by atoms with E-state index < -0.39 is 0 Å². The topological polar surface area (TPSA) is 58.2 Å². The molecule has 0 saturated heterocycles. The van der Waals surface area contributed by atoms with E-state index in [4.69, 9.17) is 0 Å². The second kappa shape index (κ2) is 7.42. The highest BCUT2D eigenvalue weighted by Crippen LogP contribution is 2.26. The molecular weight excluding hydrogens is 308 g/mol. The number of aryl methyl sites for hydroxylation is 2. The second-order valence-corrected chi connectivity index (χ2v) is 7.01. The predicted octanol–water partition coefficient (Wildman–Crippen LogP) is 4.20. The fourth-order valence-electron chi connectivity index (χ4n) is 2.43. The van der Waals surface area contributed by atoms with Gasteiger partial charge in [0.2, 0.25) is 5.91 Å². The maximum Gasteiger partial charge on any atom is 0.251 e. The molecule has 1 heterocycles. The van der Waals surface area contributed by atoms with Crippen LogP contribution in [0.15, 0.2) is 30.3 Å². The predicted molar refractivity (Wildman–Crippen MR) is 95.0 cm³/mol. The first kappa shape index (κ1) is 17.2. The Kier molecular flexibility index (Phi) is 5.55. The highest BCUT2D eigenvalue weighted by molar-refractivity contribution is 7.12. The summed E-state index contributed by atoms with van der Waals surface area (Å²) in [5.74, 6) is -0.214. The van der Waals surface area contributed by atoms with Crippen molar-refractivity contribution in [2.24, 2.45) is 0 Å². The molecule has 23 heavy (non-hydrogen) atoms. The third kappa shape index (κ3) is 4.42. The minimum absolute atomic E-state index is 0.0543. The third-order valence-corrected chi connectivity index (χ3v) is 4.60. The summed E-state index contributed by atoms with van der Waals surface area (Å²) < 4.78 is 0. The Hall–Kier alpha value is -2.14. The molecule has 2 amide bonds. The number of hydrogen-bond acceptors (Lipinski definition) is 3. The van der Waals surface area contributed by atoms with E-state index in [1.54, 1.807) is 42.5 Å². The summed E-state index contributed by atoms with van der Waals surface area (Å²) in [4.78, 5) is 26.3. The number of rotatable bonds is 5. The number of carbonyl (C=O) groups is 2. The first-order valence-electron chi connectivity index (χ1n) is 7.68. The van der Waals surface area contributed by atoms with Gasteiger partial charge in [-0.05, 0) is 50.6 Å². The SMILES string of the molecule is CCC(=O)Nc1cccc(C(=O)NC(C)c2cc(C)sc2C)c1. The summed E-state index contributed by atoms with van der Waals surface area (Å²) in [5.41, 5.74) is 2.33. The number of amides is 2. The molecule has 2 aromatic rings. The van der Waals surface area contributed by atoms with Gasteiger partial charge in [0.1, 0.15) is 0 Å². The minimum Gasteiger partial charge on any atom is -0.345 e. The van der Waals surface area contributed by atoms with Crippen LogP contribution in [0.4, 0.5) is 5.69 Å². The van der Waals surface area contributed by atoms with Gasteiger partial charge in [0, 0.05) is 27.4 Å². The van der Waals surface area contributed by atoms with E-state index in [1.165, 1.54) is 9.75 Å². The molecule has 0 fully saturated rings. The number of anilines is 1.